The molecule has 0 aliphatic carbocycles. The molecule has 0 aromatic heterocycles. The van der Waals surface area contributed by atoms with E-state index in [0.29, 0.717) is 6.61 Å². The van der Waals surface area contributed by atoms with Crippen LogP contribution in [0.1, 0.15) is 20.3 Å². The predicted molar refractivity (Wildman–Crippen MR) is 153 cm³/mol. The van der Waals surface area contributed by atoms with E-state index in [-0.39, 0.29) is 11.9 Å². The molecule has 2 aromatic rings. The van der Waals surface area contributed by atoms with Crippen molar-refractivity contribution in [2.24, 2.45) is 5.92 Å². The number of hydrogen-bond donors (Lipinski definition) is 0. The van der Waals surface area contributed by atoms with Gasteiger partial charge < -0.3 is 17.7 Å². The first kappa shape index (κ1) is 33.8. The minimum Gasteiger partial charge on any atom is -0.470 e. The van der Waals surface area contributed by atoms with Gasteiger partial charge >= 0.3 is 26.6 Å². The number of benzene rings is 2. The van der Waals surface area contributed by atoms with Crippen LogP contribution < -0.4 is 10.4 Å². The van der Waals surface area contributed by atoms with E-state index < -0.39 is 37.3 Å². The van der Waals surface area contributed by atoms with Gasteiger partial charge in [-0.25, -0.2) is 0 Å². The molecule has 0 amide bonds. The molecular formula is C27H41F3O5Si3. The summed E-state index contributed by atoms with van der Waals surface area (Å²) in [7, 11) is -6.06. The highest BCUT2D eigenvalue weighted by Crippen LogP contribution is 2.24. The van der Waals surface area contributed by atoms with Crippen molar-refractivity contribution in [1.82, 2.24) is 0 Å². The molecule has 0 fully saturated rings. The summed E-state index contributed by atoms with van der Waals surface area (Å²) in [6.45, 7) is 15.3. The molecule has 11 heteroatoms. The quantitative estimate of drug-likeness (QED) is 0.122. The maximum absolute atomic E-state index is 11.7. The first-order valence-corrected chi connectivity index (χ1v) is 20.9. The number of hydrogen-bond acceptors (Lipinski definition) is 5. The number of carbonyl (C=O) groups is 1. The average molecular weight is 587 g/mol. The third kappa shape index (κ3) is 11.7. The second-order valence-corrected chi connectivity index (χ2v) is 22.0. The van der Waals surface area contributed by atoms with Gasteiger partial charge in [-0.15, -0.1) is 0 Å². The maximum atomic E-state index is 11.7. The van der Waals surface area contributed by atoms with E-state index in [0.717, 1.165) is 19.6 Å². The molecule has 1 unspecified atom stereocenters. The molecule has 1 atom stereocenters. The van der Waals surface area contributed by atoms with E-state index in [1.807, 2.05) is 26.0 Å². The van der Waals surface area contributed by atoms with Gasteiger partial charge in [0.2, 0.25) is 8.32 Å². The topological polar surface area (TPSA) is 54.0 Å². The third-order valence-corrected chi connectivity index (χ3v) is 17.7. The Morgan fingerprint density at radius 2 is 1.32 bits per heavy atom. The van der Waals surface area contributed by atoms with Gasteiger partial charge in [-0.2, -0.15) is 13.2 Å². The number of halogens is 3. The van der Waals surface area contributed by atoms with Crippen LogP contribution in [-0.2, 0) is 22.5 Å². The van der Waals surface area contributed by atoms with Gasteiger partial charge in [0.15, 0.2) is 8.32 Å². The molecule has 0 saturated carbocycles. The lowest BCUT2D eigenvalue weighted by Gasteiger charge is -2.41. The molecule has 0 saturated heterocycles. The average Bonchev–Trinajstić information content (AvgIpc) is 2.86. The third-order valence-electron chi connectivity index (χ3n) is 5.65. The Bertz CT molecular complexity index is 1020. The normalized spacial score (nSPS) is 13.2. The van der Waals surface area contributed by atoms with Crippen LogP contribution in [0.25, 0.3) is 0 Å². The van der Waals surface area contributed by atoms with Crippen molar-refractivity contribution in [3.63, 3.8) is 0 Å². The molecule has 0 bridgehead atoms. The van der Waals surface area contributed by atoms with Gasteiger partial charge in [0.1, 0.15) is 0 Å². The van der Waals surface area contributed by atoms with Gasteiger partial charge in [-0.05, 0) is 55.6 Å². The van der Waals surface area contributed by atoms with Gasteiger partial charge in [0.25, 0.3) is 0 Å². The van der Waals surface area contributed by atoms with Crippen LogP contribution in [0.3, 0.4) is 0 Å². The maximum Gasteiger partial charge on any atom is 0.348 e. The number of esters is 1. The molecular weight excluding hydrogens is 546 g/mol. The van der Waals surface area contributed by atoms with Crippen LogP contribution in [0.2, 0.25) is 38.8 Å². The molecule has 0 radical (unpaired) electrons. The Balaban J connectivity index is 0.000000905. The molecule has 2 rings (SSSR count). The summed E-state index contributed by atoms with van der Waals surface area (Å²) >= 11 is 0. The van der Waals surface area contributed by atoms with Crippen LogP contribution in [0, 0.1) is 5.92 Å². The lowest BCUT2D eigenvalue weighted by Crippen LogP contribution is -2.64. The largest absolute Gasteiger partial charge is 0.470 e. The van der Waals surface area contributed by atoms with Crippen molar-refractivity contribution >= 4 is 41.5 Å². The summed E-state index contributed by atoms with van der Waals surface area (Å²) in [6.07, 6.45) is -1.61. The van der Waals surface area contributed by atoms with E-state index >= 15 is 0 Å². The summed E-state index contributed by atoms with van der Waals surface area (Å²) in [5.41, 5.74) is 0. The number of rotatable bonds is 12. The Labute approximate surface area is 228 Å². The molecule has 0 N–H and O–H groups in total. The van der Waals surface area contributed by atoms with Crippen molar-refractivity contribution in [2.75, 3.05) is 13.7 Å². The Morgan fingerprint density at radius 1 is 0.816 bits per heavy atom. The Hall–Kier alpha value is -2.19. The van der Waals surface area contributed by atoms with E-state index in [4.69, 9.17) is 13.0 Å². The van der Waals surface area contributed by atoms with Gasteiger partial charge in [-0.3, -0.25) is 4.79 Å². The molecule has 0 aliphatic rings. The monoisotopic (exact) mass is 586 g/mol. The van der Waals surface area contributed by atoms with E-state index in [9.17, 15) is 18.0 Å². The highest BCUT2D eigenvalue weighted by Gasteiger charge is 2.45. The summed E-state index contributed by atoms with van der Waals surface area (Å²) in [5, 5.41) is 2.44. The summed E-state index contributed by atoms with van der Waals surface area (Å²) < 4.78 is 55.6. The molecule has 5 nitrogen and oxygen atoms in total. The van der Waals surface area contributed by atoms with Crippen LogP contribution in [0.4, 0.5) is 13.2 Å². The molecule has 2 aromatic carbocycles. The standard InChI is InChI=1S/C24H38O4Si3.C3H3F3O/c1-21(2)24(25)26-19-14-20-29(3,4)27-31(7,23-17-12-9-13-18-23)28-30(5,6)22-15-10-8-11-16-22;1-7-3(6)2(4)5/h8-13,15-18,21H,14,19-20H2,1-7H3;1H3. The number of methoxy groups -OCH3 is 1. The van der Waals surface area contributed by atoms with Crippen molar-refractivity contribution in [3.8, 4) is 0 Å². The van der Waals surface area contributed by atoms with Crippen molar-refractivity contribution in [3.05, 3.63) is 72.8 Å². The van der Waals surface area contributed by atoms with Crippen LogP contribution in [0.5, 0.6) is 0 Å². The van der Waals surface area contributed by atoms with E-state index in [2.05, 4.69) is 86.0 Å². The minimum absolute atomic E-state index is 0.0890. The fourth-order valence-corrected chi connectivity index (χ4v) is 17.0. The second-order valence-electron chi connectivity index (χ2n) is 10.3. The first-order chi connectivity index (χ1) is 17.6. The van der Waals surface area contributed by atoms with E-state index in [1.54, 1.807) is 0 Å². The zero-order chi connectivity index (χ0) is 29.0. The Kier molecular flexibility index (Phi) is 13.7. The highest BCUT2D eigenvalue weighted by molar-refractivity contribution is 6.98. The number of ether oxygens (including phenoxy) is 2. The number of carbonyl (C=O) groups excluding carboxylic acids is 1. The lowest BCUT2D eigenvalue weighted by atomic mass is 10.2. The summed E-state index contributed by atoms with van der Waals surface area (Å²) in [5.74, 6) is -0.225. The van der Waals surface area contributed by atoms with Crippen molar-refractivity contribution < 1.29 is 35.7 Å². The summed E-state index contributed by atoms with van der Waals surface area (Å²) in [4.78, 5) is 11.7. The fourth-order valence-electron chi connectivity index (χ4n) is 3.76. The zero-order valence-corrected chi connectivity index (χ0v) is 26.6. The van der Waals surface area contributed by atoms with Gasteiger partial charge in [-0.1, -0.05) is 74.5 Å². The fraction of sp³-hybridized carbons (Fsp3) is 0.444. The molecule has 0 spiro atoms. The zero-order valence-electron chi connectivity index (χ0n) is 23.6. The SMILES string of the molecule is CC(C)C(=O)OCCC[Si](C)(C)O[Si](C)(O[Si](C)(C)c1ccccc1)c1ccccc1.COC(F)=C(F)F. The predicted octanol–water partition coefficient (Wildman–Crippen LogP) is 6.57. The molecule has 212 valence electrons. The smallest absolute Gasteiger partial charge is 0.348 e. The van der Waals surface area contributed by atoms with E-state index in [1.165, 1.54) is 10.4 Å². The molecule has 38 heavy (non-hydrogen) atoms. The minimum atomic E-state index is -2.66. The lowest BCUT2D eigenvalue weighted by molar-refractivity contribution is -0.147. The van der Waals surface area contributed by atoms with Crippen LogP contribution in [0.15, 0.2) is 72.8 Å². The summed E-state index contributed by atoms with van der Waals surface area (Å²) in [6, 6.07) is 20.0. The van der Waals surface area contributed by atoms with Crippen LogP contribution >= 0.6 is 0 Å². The van der Waals surface area contributed by atoms with Crippen molar-refractivity contribution in [2.45, 2.75) is 59.0 Å². The second kappa shape index (κ2) is 15.4. The van der Waals surface area contributed by atoms with Gasteiger partial charge in [0, 0.05) is 0 Å². The highest BCUT2D eigenvalue weighted by atomic mass is 28.5. The van der Waals surface area contributed by atoms with Crippen LogP contribution in [-0.4, -0.2) is 44.9 Å². The van der Waals surface area contributed by atoms with Gasteiger partial charge in [0.05, 0.1) is 19.6 Å². The molecule has 0 aliphatic heterocycles. The Morgan fingerprint density at radius 3 is 1.74 bits per heavy atom. The van der Waals surface area contributed by atoms with Crippen molar-refractivity contribution in [1.29, 1.82) is 0 Å². The molecule has 0 heterocycles. The first-order valence-electron chi connectivity index (χ1n) is 12.6.